The summed E-state index contributed by atoms with van der Waals surface area (Å²) in [7, 11) is 0.00408. The molecule has 0 N–H and O–H groups in total. The molecule has 8 heteroatoms. The van der Waals surface area contributed by atoms with E-state index >= 15 is 0 Å². The van der Waals surface area contributed by atoms with Crippen molar-refractivity contribution >= 4 is 25.1 Å². The van der Waals surface area contributed by atoms with Crippen LogP contribution in [0.15, 0.2) is 65.2 Å². The summed E-state index contributed by atoms with van der Waals surface area (Å²) < 4.78 is 46.6. The van der Waals surface area contributed by atoms with E-state index in [1.54, 1.807) is 4.74 Å². The first-order valence-electron chi connectivity index (χ1n) is 8.52. The van der Waals surface area contributed by atoms with Gasteiger partial charge in [0.25, 0.3) is 5.69 Å². The molecule has 2 aromatic carbocycles. The fraction of sp³-hybridized carbons (Fsp3) is 0.150. The van der Waals surface area contributed by atoms with Crippen molar-refractivity contribution in [3.63, 3.8) is 0 Å². The molecule has 0 atom stereocenters. The van der Waals surface area contributed by atoms with Gasteiger partial charge in [-0.05, 0) is 28.5 Å². The molecule has 0 saturated heterocycles. The Morgan fingerprint density at radius 2 is 1.46 bits per heavy atom. The topological polar surface area (TPSA) is 20.3 Å². The third kappa shape index (κ3) is 6.94. The quantitative estimate of drug-likeness (QED) is 0.341. The molecule has 0 bridgehead atoms. The molecule has 0 fully saturated rings. The number of hydrogen-bond acceptors (Lipinski definition) is 2. The van der Waals surface area contributed by atoms with Crippen LogP contribution in [0.2, 0.25) is 0 Å². The SMILES string of the molecule is CN(C)c1ccc(/C=C/c2cc(-c3ccccc3)o[n+]2C)cc1.F[B-](F)(F)F. The average Bonchev–Trinajstić information content (AvgIpc) is 3.00. The summed E-state index contributed by atoms with van der Waals surface area (Å²) in [5.74, 6) is 0.871. The molecule has 1 heterocycles. The van der Waals surface area contributed by atoms with Gasteiger partial charge in [0.2, 0.25) is 5.76 Å². The first-order chi connectivity index (χ1) is 13.1. The zero-order chi connectivity index (χ0) is 20.7. The zero-order valence-corrected chi connectivity index (χ0v) is 15.8. The number of anilines is 1. The van der Waals surface area contributed by atoms with Gasteiger partial charge in [0, 0.05) is 31.4 Å². The van der Waals surface area contributed by atoms with Crippen LogP contribution in [0, 0.1) is 0 Å². The number of nitrogens with zero attached hydrogens (tertiary/aromatic N) is 2. The van der Waals surface area contributed by atoms with Crippen molar-refractivity contribution in [3.8, 4) is 11.3 Å². The van der Waals surface area contributed by atoms with Gasteiger partial charge < -0.3 is 22.2 Å². The van der Waals surface area contributed by atoms with Gasteiger partial charge in [0.05, 0.1) is 6.07 Å². The Balaban J connectivity index is 0.000000500. The maximum Gasteiger partial charge on any atom is 0.673 e. The lowest BCUT2D eigenvalue weighted by molar-refractivity contribution is -0.844. The number of aromatic nitrogens is 1. The van der Waals surface area contributed by atoms with Crippen LogP contribution in [0.3, 0.4) is 0 Å². The largest absolute Gasteiger partial charge is 0.673 e. The highest BCUT2D eigenvalue weighted by Gasteiger charge is 2.20. The van der Waals surface area contributed by atoms with Crippen molar-refractivity contribution in [1.29, 1.82) is 0 Å². The molecule has 0 aliphatic carbocycles. The van der Waals surface area contributed by atoms with Crippen molar-refractivity contribution in [2.24, 2.45) is 7.05 Å². The molecule has 3 rings (SSSR count). The van der Waals surface area contributed by atoms with E-state index in [9.17, 15) is 17.3 Å². The molecule has 3 nitrogen and oxygen atoms in total. The van der Waals surface area contributed by atoms with Crippen LogP contribution >= 0.6 is 0 Å². The highest BCUT2D eigenvalue weighted by atomic mass is 19.5. The van der Waals surface area contributed by atoms with Gasteiger partial charge in [-0.15, -0.1) is 0 Å². The molecule has 3 aromatic rings. The summed E-state index contributed by atoms with van der Waals surface area (Å²) in [6.07, 6.45) is 4.17. The van der Waals surface area contributed by atoms with Crippen molar-refractivity contribution in [2.45, 2.75) is 0 Å². The molecule has 28 heavy (non-hydrogen) atoms. The van der Waals surface area contributed by atoms with Gasteiger partial charge >= 0.3 is 7.25 Å². The standard InChI is InChI=1S/C20H21N2O.BF4/c1-21(2)18-12-9-16(10-13-18)11-14-19-15-20(23-22(19)3)17-7-5-4-6-8-17;2-1(3,4)5/h4-15H,1-3H3;/q+1;-1. The number of halogens is 4. The van der Waals surface area contributed by atoms with E-state index in [-0.39, 0.29) is 0 Å². The van der Waals surface area contributed by atoms with Crippen LogP contribution in [-0.4, -0.2) is 21.3 Å². The minimum atomic E-state index is -6.00. The van der Waals surface area contributed by atoms with Crippen LogP contribution in [0.5, 0.6) is 0 Å². The molecule has 0 amide bonds. The fourth-order valence-electron chi connectivity index (χ4n) is 2.41. The lowest BCUT2D eigenvalue weighted by Gasteiger charge is -2.11. The smallest absolute Gasteiger partial charge is 0.418 e. The summed E-state index contributed by atoms with van der Waals surface area (Å²) in [4.78, 5) is 2.09. The molecule has 148 valence electrons. The van der Waals surface area contributed by atoms with E-state index in [0.29, 0.717) is 0 Å². The van der Waals surface area contributed by atoms with Crippen molar-refractivity contribution in [3.05, 3.63) is 71.9 Å². The van der Waals surface area contributed by atoms with Gasteiger partial charge in [0.1, 0.15) is 0 Å². The molecule has 0 spiro atoms. The Bertz CT molecular complexity index is 898. The lowest BCUT2D eigenvalue weighted by Crippen LogP contribution is -2.27. The van der Waals surface area contributed by atoms with Crippen molar-refractivity contribution in [2.75, 3.05) is 19.0 Å². The first-order valence-corrected chi connectivity index (χ1v) is 8.52. The third-order valence-electron chi connectivity index (χ3n) is 3.79. The summed E-state index contributed by atoms with van der Waals surface area (Å²) in [6.45, 7) is 0. The van der Waals surface area contributed by atoms with Crippen LogP contribution < -0.4 is 9.64 Å². The third-order valence-corrected chi connectivity index (χ3v) is 3.79. The molecule has 0 aliphatic rings. The average molecular weight is 392 g/mol. The van der Waals surface area contributed by atoms with E-state index in [1.165, 1.54) is 5.69 Å². The Morgan fingerprint density at radius 3 is 2.00 bits per heavy atom. The summed E-state index contributed by atoms with van der Waals surface area (Å²) >= 11 is 0. The molecule has 0 unspecified atom stereocenters. The maximum atomic E-state index is 9.75. The van der Waals surface area contributed by atoms with E-state index in [4.69, 9.17) is 4.52 Å². The summed E-state index contributed by atoms with van der Waals surface area (Å²) in [5.41, 5.74) is 4.47. The normalized spacial score (nSPS) is 11.2. The van der Waals surface area contributed by atoms with Crippen molar-refractivity contribution in [1.82, 2.24) is 0 Å². The molecular formula is C20H21BF4N2O. The lowest BCUT2D eigenvalue weighted by atomic mass is 10.1. The second-order valence-corrected chi connectivity index (χ2v) is 6.20. The maximum absolute atomic E-state index is 9.75. The Labute approximate surface area is 161 Å². The monoisotopic (exact) mass is 392 g/mol. The molecule has 1 aromatic heterocycles. The predicted molar refractivity (Wildman–Crippen MR) is 105 cm³/mol. The van der Waals surface area contributed by atoms with E-state index in [0.717, 1.165) is 22.6 Å². The van der Waals surface area contributed by atoms with Gasteiger partial charge in [-0.2, -0.15) is 0 Å². The zero-order valence-electron chi connectivity index (χ0n) is 15.8. The molecule has 0 aliphatic heterocycles. The Kier molecular flexibility index (Phi) is 7.03. The number of rotatable bonds is 4. The highest BCUT2D eigenvalue weighted by molar-refractivity contribution is 6.50. The fourth-order valence-corrected chi connectivity index (χ4v) is 2.41. The van der Waals surface area contributed by atoms with Crippen LogP contribution in [0.1, 0.15) is 11.3 Å². The summed E-state index contributed by atoms with van der Waals surface area (Å²) in [6, 6.07) is 20.6. The second-order valence-electron chi connectivity index (χ2n) is 6.20. The Hall–Kier alpha value is -3.03. The predicted octanol–water partition coefficient (Wildman–Crippen LogP) is 5.31. The number of benzene rings is 2. The summed E-state index contributed by atoms with van der Waals surface area (Å²) in [5, 5.41) is 0. The minimum Gasteiger partial charge on any atom is -0.418 e. The number of aryl methyl sites for hydroxylation is 1. The van der Waals surface area contributed by atoms with Gasteiger partial charge in [-0.25, -0.2) is 4.52 Å². The highest BCUT2D eigenvalue weighted by Crippen LogP contribution is 2.20. The molecule has 0 radical (unpaired) electrons. The van der Waals surface area contributed by atoms with Gasteiger partial charge in [-0.1, -0.05) is 42.5 Å². The number of hydrogen-bond donors (Lipinski definition) is 0. The van der Waals surface area contributed by atoms with E-state index in [2.05, 4.69) is 47.4 Å². The second kappa shape index (κ2) is 9.26. The van der Waals surface area contributed by atoms with Crippen molar-refractivity contribution < 1.29 is 26.5 Å². The van der Waals surface area contributed by atoms with E-state index in [1.807, 2.05) is 51.5 Å². The molecule has 0 saturated carbocycles. The van der Waals surface area contributed by atoms with E-state index < -0.39 is 7.25 Å². The van der Waals surface area contributed by atoms with Crippen LogP contribution in [-0.2, 0) is 7.05 Å². The Morgan fingerprint density at radius 1 is 0.893 bits per heavy atom. The first kappa shape index (κ1) is 21.3. The van der Waals surface area contributed by atoms with Crippen LogP contribution in [0.25, 0.3) is 23.5 Å². The minimum absolute atomic E-state index is 0.871. The van der Waals surface area contributed by atoms with Gasteiger partial charge in [-0.3, -0.25) is 0 Å². The molecular weight excluding hydrogens is 371 g/mol. The van der Waals surface area contributed by atoms with Gasteiger partial charge in [0.15, 0.2) is 7.05 Å². The van der Waals surface area contributed by atoms with Crippen LogP contribution in [0.4, 0.5) is 23.0 Å².